The molecule has 2 aromatic rings. The summed E-state index contributed by atoms with van der Waals surface area (Å²) in [5.74, 6) is 0. The van der Waals surface area contributed by atoms with E-state index in [1.54, 1.807) is 0 Å². The van der Waals surface area contributed by atoms with E-state index in [4.69, 9.17) is 4.65 Å². The molecule has 0 saturated heterocycles. The lowest BCUT2D eigenvalue weighted by molar-refractivity contribution is 0.186. The van der Waals surface area contributed by atoms with Crippen LogP contribution in [0.3, 0.4) is 0 Å². The van der Waals surface area contributed by atoms with E-state index in [1.807, 2.05) is 56.3 Å². The van der Waals surface area contributed by atoms with Crippen LogP contribution in [0.5, 0.6) is 0 Å². The standard InChI is InChI=1S/C14H17BO2/c1-3-11(2)17-15(16)14-10-6-8-12-7-4-5-9-13(12)14/h4-11,16H,3H2,1-2H3. The van der Waals surface area contributed by atoms with Crippen molar-refractivity contribution in [2.45, 2.75) is 26.4 Å². The number of rotatable bonds is 4. The highest BCUT2D eigenvalue weighted by molar-refractivity contribution is 6.63. The molecule has 17 heavy (non-hydrogen) atoms. The fourth-order valence-corrected chi connectivity index (χ4v) is 1.86. The van der Waals surface area contributed by atoms with Gasteiger partial charge in [0.2, 0.25) is 0 Å². The number of hydrogen-bond donors (Lipinski definition) is 1. The van der Waals surface area contributed by atoms with Gasteiger partial charge in [-0.25, -0.2) is 0 Å². The Morgan fingerprint density at radius 2 is 1.88 bits per heavy atom. The fourth-order valence-electron chi connectivity index (χ4n) is 1.86. The average molecular weight is 228 g/mol. The summed E-state index contributed by atoms with van der Waals surface area (Å²) in [6.45, 7) is 4.01. The molecule has 0 heterocycles. The molecule has 0 aliphatic heterocycles. The predicted octanol–water partition coefficient (Wildman–Crippen LogP) is 2.34. The van der Waals surface area contributed by atoms with E-state index >= 15 is 0 Å². The van der Waals surface area contributed by atoms with Gasteiger partial charge in [-0.2, -0.15) is 0 Å². The Hall–Kier alpha value is -1.32. The van der Waals surface area contributed by atoms with Crippen LogP contribution in [-0.2, 0) is 4.65 Å². The van der Waals surface area contributed by atoms with Gasteiger partial charge in [0.05, 0.1) is 0 Å². The van der Waals surface area contributed by atoms with Crippen LogP contribution in [-0.4, -0.2) is 18.2 Å². The Morgan fingerprint density at radius 1 is 1.18 bits per heavy atom. The molecule has 0 fully saturated rings. The third-order valence-corrected chi connectivity index (χ3v) is 3.03. The van der Waals surface area contributed by atoms with Crippen LogP contribution >= 0.6 is 0 Å². The van der Waals surface area contributed by atoms with Gasteiger partial charge in [-0.05, 0) is 29.6 Å². The first-order valence-corrected chi connectivity index (χ1v) is 6.03. The Labute approximate surface area is 102 Å². The summed E-state index contributed by atoms with van der Waals surface area (Å²) in [6.07, 6.45) is 0.950. The topological polar surface area (TPSA) is 29.5 Å². The monoisotopic (exact) mass is 228 g/mol. The summed E-state index contributed by atoms with van der Waals surface area (Å²) in [4.78, 5) is 0. The zero-order chi connectivity index (χ0) is 12.3. The second-order valence-electron chi connectivity index (χ2n) is 4.28. The molecule has 2 aromatic carbocycles. The molecule has 1 unspecified atom stereocenters. The van der Waals surface area contributed by atoms with Crippen LogP contribution in [0.25, 0.3) is 10.8 Å². The highest BCUT2D eigenvalue weighted by Gasteiger charge is 2.20. The summed E-state index contributed by atoms with van der Waals surface area (Å²) in [6, 6.07) is 13.9. The molecule has 1 N–H and O–H groups in total. The van der Waals surface area contributed by atoms with Gasteiger partial charge in [-0.1, -0.05) is 49.4 Å². The summed E-state index contributed by atoms with van der Waals surface area (Å²) in [7, 11) is -0.851. The van der Waals surface area contributed by atoms with Gasteiger partial charge >= 0.3 is 7.12 Å². The molecule has 0 radical (unpaired) electrons. The number of hydrogen-bond acceptors (Lipinski definition) is 2. The van der Waals surface area contributed by atoms with E-state index < -0.39 is 7.12 Å². The van der Waals surface area contributed by atoms with Crippen molar-refractivity contribution in [3.05, 3.63) is 42.5 Å². The summed E-state index contributed by atoms with van der Waals surface area (Å²) in [5.41, 5.74) is 0.836. The van der Waals surface area contributed by atoms with E-state index in [9.17, 15) is 5.02 Å². The summed E-state index contributed by atoms with van der Waals surface area (Å²) < 4.78 is 5.55. The Balaban J connectivity index is 2.34. The molecule has 0 aliphatic carbocycles. The number of fused-ring (bicyclic) bond motifs is 1. The lowest BCUT2D eigenvalue weighted by atomic mass is 9.76. The van der Waals surface area contributed by atoms with Crippen molar-refractivity contribution in [1.82, 2.24) is 0 Å². The van der Waals surface area contributed by atoms with Gasteiger partial charge < -0.3 is 9.68 Å². The molecule has 0 aromatic heterocycles. The quantitative estimate of drug-likeness (QED) is 0.814. The molecule has 2 rings (SSSR count). The van der Waals surface area contributed by atoms with Gasteiger partial charge in [0.25, 0.3) is 0 Å². The van der Waals surface area contributed by atoms with Gasteiger partial charge in [-0.3, -0.25) is 0 Å². The van der Waals surface area contributed by atoms with Crippen LogP contribution < -0.4 is 5.46 Å². The van der Waals surface area contributed by atoms with Crippen molar-refractivity contribution < 1.29 is 9.68 Å². The van der Waals surface area contributed by atoms with E-state index in [0.717, 1.165) is 22.7 Å². The lowest BCUT2D eigenvalue weighted by Gasteiger charge is -2.15. The summed E-state index contributed by atoms with van der Waals surface area (Å²) >= 11 is 0. The highest BCUT2D eigenvalue weighted by Crippen LogP contribution is 2.12. The molecular weight excluding hydrogens is 211 g/mol. The van der Waals surface area contributed by atoms with Crippen LogP contribution in [0.2, 0.25) is 0 Å². The SMILES string of the molecule is CCC(C)OB(O)c1cccc2ccccc12. The largest absolute Gasteiger partial charge is 0.491 e. The zero-order valence-electron chi connectivity index (χ0n) is 10.3. The molecule has 0 saturated carbocycles. The van der Waals surface area contributed by atoms with E-state index in [0.29, 0.717) is 0 Å². The van der Waals surface area contributed by atoms with Crippen molar-refractivity contribution in [2.75, 3.05) is 0 Å². The van der Waals surface area contributed by atoms with Crippen molar-refractivity contribution in [1.29, 1.82) is 0 Å². The predicted molar refractivity (Wildman–Crippen MR) is 72.4 cm³/mol. The first-order chi connectivity index (χ1) is 8.22. The molecule has 1 atom stereocenters. The lowest BCUT2D eigenvalue weighted by Crippen LogP contribution is -2.36. The van der Waals surface area contributed by atoms with Gasteiger partial charge in [-0.15, -0.1) is 0 Å². The average Bonchev–Trinajstić information content (AvgIpc) is 2.37. The molecule has 0 aliphatic rings. The summed E-state index contributed by atoms with van der Waals surface area (Å²) in [5, 5.41) is 12.3. The van der Waals surface area contributed by atoms with Crippen LogP contribution in [0.1, 0.15) is 20.3 Å². The highest BCUT2D eigenvalue weighted by atomic mass is 16.5. The molecule has 0 spiro atoms. The van der Waals surface area contributed by atoms with E-state index in [2.05, 4.69) is 0 Å². The van der Waals surface area contributed by atoms with E-state index in [-0.39, 0.29) is 6.10 Å². The Kier molecular flexibility index (Phi) is 3.82. The molecule has 2 nitrogen and oxygen atoms in total. The number of benzene rings is 2. The molecular formula is C14H17BO2. The van der Waals surface area contributed by atoms with Crippen molar-refractivity contribution in [3.8, 4) is 0 Å². The van der Waals surface area contributed by atoms with Gasteiger partial charge in [0.15, 0.2) is 0 Å². The van der Waals surface area contributed by atoms with Crippen molar-refractivity contribution >= 4 is 23.4 Å². The van der Waals surface area contributed by atoms with E-state index in [1.165, 1.54) is 0 Å². The third kappa shape index (κ3) is 2.68. The molecule has 88 valence electrons. The van der Waals surface area contributed by atoms with Crippen molar-refractivity contribution in [2.24, 2.45) is 0 Å². The maximum Gasteiger partial charge on any atom is 0.491 e. The zero-order valence-corrected chi connectivity index (χ0v) is 10.3. The van der Waals surface area contributed by atoms with Crippen LogP contribution in [0.15, 0.2) is 42.5 Å². The smallest absolute Gasteiger partial charge is 0.423 e. The first-order valence-electron chi connectivity index (χ1n) is 6.03. The maximum atomic E-state index is 10.1. The van der Waals surface area contributed by atoms with Gasteiger partial charge in [0.1, 0.15) is 0 Å². The Morgan fingerprint density at radius 3 is 2.65 bits per heavy atom. The van der Waals surface area contributed by atoms with Crippen LogP contribution in [0.4, 0.5) is 0 Å². The minimum absolute atomic E-state index is 0.0592. The fraction of sp³-hybridized carbons (Fsp3) is 0.286. The second-order valence-corrected chi connectivity index (χ2v) is 4.28. The Bertz CT molecular complexity index is 493. The minimum atomic E-state index is -0.851. The first kappa shape index (κ1) is 12.2. The normalized spacial score (nSPS) is 12.6. The third-order valence-electron chi connectivity index (χ3n) is 3.03. The second kappa shape index (κ2) is 5.34. The van der Waals surface area contributed by atoms with Crippen molar-refractivity contribution in [3.63, 3.8) is 0 Å². The maximum absolute atomic E-state index is 10.1. The molecule has 0 amide bonds. The molecule has 3 heteroatoms. The molecule has 0 bridgehead atoms. The van der Waals surface area contributed by atoms with Gasteiger partial charge in [0, 0.05) is 6.10 Å². The van der Waals surface area contributed by atoms with Crippen LogP contribution in [0, 0.1) is 0 Å². The minimum Gasteiger partial charge on any atom is -0.423 e.